The largest absolute Gasteiger partial charge is 0.465 e. The Bertz CT molecular complexity index is 1020. The van der Waals surface area contributed by atoms with E-state index < -0.39 is 12.9 Å². The average Bonchev–Trinajstić information content (AvgIpc) is 2.82. The van der Waals surface area contributed by atoms with Gasteiger partial charge >= 0.3 is 5.97 Å². The van der Waals surface area contributed by atoms with Crippen molar-refractivity contribution in [3.05, 3.63) is 91.0 Å². The summed E-state index contributed by atoms with van der Waals surface area (Å²) >= 11 is 5.75. The van der Waals surface area contributed by atoms with Crippen molar-refractivity contribution in [2.75, 3.05) is 21.2 Å². The van der Waals surface area contributed by atoms with E-state index in [1.807, 2.05) is 68.7 Å². The first-order chi connectivity index (χ1) is 15.0. The topological polar surface area (TPSA) is 41.9 Å². The third-order valence-corrected chi connectivity index (χ3v) is 9.50. The lowest BCUT2D eigenvalue weighted by molar-refractivity contribution is -0.132. The summed E-state index contributed by atoms with van der Waals surface area (Å²) in [5.74, 6) is -0.467. The Morgan fingerprint density at radius 1 is 0.839 bits per heavy atom. The molecule has 0 spiro atoms. The van der Waals surface area contributed by atoms with Crippen LogP contribution in [-0.2, 0) is 9.53 Å². The number of carbonyl (C=O) groups excluding carboxylic acids is 1. The molecule has 158 valence electrons. The van der Waals surface area contributed by atoms with Gasteiger partial charge in [-0.05, 0) is 22.8 Å². The van der Waals surface area contributed by atoms with Gasteiger partial charge < -0.3 is 9.64 Å². The Hall–Kier alpha value is -3.01. The molecule has 0 radical (unpaired) electrons. The van der Waals surface area contributed by atoms with E-state index in [1.54, 1.807) is 11.2 Å². The third kappa shape index (κ3) is 4.68. The smallest absolute Gasteiger partial charge is 0.342 e. The maximum atomic E-state index is 13.4. The molecule has 0 bridgehead atoms. The minimum atomic E-state index is -2.68. The molecule has 3 aromatic carbocycles. The Kier molecular flexibility index (Phi) is 7.56. The average molecular weight is 449 g/mol. The molecule has 0 fully saturated rings. The van der Waals surface area contributed by atoms with Crippen LogP contribution in [0.15, 0.2) is 96.0 Å². The zero-order chi connectivity index (χ0) is 22.3. The zero-order valence-corrected chi connectivity index (χ0v) is 19.5. The summed E-state index contributed by atoms with van der Waals surface area (Å²) < 4.78 is 5.29. The molecule has 0 aliphatic carbocycles. The van der Waals surface area contributed by atoms with E-state index in [0.717, 1.165) is 15.9 Å². The SMILES string of the molecule is COC(=O)C(C(=S)N=CN(C)C)=P(c1ccccc1)(c1ccccc1)c1ccccc1. The highest BCUT2D eigenvalue weighted by atomic mass is 32.1. The molecule has 6 heteroatoms. The predicted molar refractivity (Wildman–Crippen MR) is 137 cm³/mol. The molecule has 0 aliphatic heterocycles. The molecule has 0 amide bonds. The van der Waals surface area contributed by atoms with Crippen LogP contribution in [0, 0.1) is 0 Å². The second-order valence-corrected chi connectivity index (χ2v) is 10.8. The first-order valence-electron chi connectivity index (χ1n) is 9.78. The van der Waals surface area contributed by atoms with Crippen LogP contribution < -0.4 is 15.9 Å². The second-order valence-electron chi connectivity index (χ2n) is 7.03. The number of methoxy groups -OCH3 is 1. The molecular weight excluding hydrogens is 423 g/mol. The van der Waals surface area contributed by atoms with Gasteiger partial charge in [-0.3, -0.25) is 0 Å². The highest BCUT2D eigenvalue weighted by Crippen LogP contribution is 2.46. The van der Waals surface area contributed by atoms with E-state index in [9.17, 15) is 4.79 Å². The van der Waals surface area contributed by atoms with Gasteiger partial charge in [0, 0.05) is 14.1 Å². The van der Waals surface area contributed by atoms with Gasteiger partial charge in [0.05, 0.1) is 13.4 Å². The number of rotatable bonds is 6. The van der Waals surface area contributed by atoms with Crippen LogP contribution in [-0.4, -0.2) is 48.7 Å². The molecule has 3 rings (SSSR count). The van der Waals surface area contributed by atoms with Crippen molar-refractivity contribution in [1.29, 1.82) is 0 Å². The standard InChI is InChI=1S/C25H25N2O2PS/c1-27(2)19-26-24(31)23(25(28)29-3)30(20-13-7-4-8-14-20,21-15-9-5-10-16-21)22-17-11-6-12-18-22/h4-19H,1-3H3. The zero-order valence-electron chi connectivity index (χ0n) is 17.8. The van der Waals surface area contributed by atoms with Crippen LogP contribution in [0.1, 0.15) is 0 Å². The van der Waals surface area contributed by atoms with Crippen LogP contribution in [0.4, 0.5) is 0 Å². The fourth-order valence-corrected chi connectivity index (χ4v) is 8.26. The highest BCUT2D eigenvalue weighted by Gasteiger charge is 2.35. The van der Waals surface area contributed by atoms with E-state index in [-0.39, 0.29) is 4.99 Å². The minimum Gasteiger partial charge on any atom is -0.465 e. The Labute approximate surface area is 189 Å². The molecule has 4 nitrogen and oxygen atoms in total. The number of carbonyl (C=O) groups is 1. The maximum Gasteiger partial charge on any atom is 0.342 e. The number of nitrogens with zero attached hydrogens (tertiary/aromatic N) is 2. The molecule has 0 heterocycles. The molecule has 0 aromatic heterocycles. The van der Waals surface area contributed by atoms with Gasteiger partial charge in [-0.15, -0.1) is 0 Å². The lowest BCUT2D eigenvalue weighted by Gasteiger charge is -2.31. The summed E-state index contributed by atoms with van der Waals surface area (Å²) in [5, 5.41) is 3.44. The molecule has 0 aliphatic rings. The van der Waals surface area contributed by atoms with Crippen molar-refractivity contribution >= 4 is 57.6 Å². The molecule has 0 N–H and O–H groups in total. The highest BCUT2D eigenvalue weighted by molar-refractivity contribution is 8.00. The Balaban J connectivity index is 2.59. The number of thiocarbonyl (C=S) groups is 1. The van der Waals surface area contributed by atoms with Crippen molar-refractivity contribution in [1.82, 2.24) is 4.90 Å². The van der Waals surface area contributed by atoms with Crippen molar-refractivity contribution in [3.8, 4) is 0 Å². The number of ether oxygens (including phenoxy) is 1. The Morgan fingerprint density at radius 2 is 1.23 bits per heavy atom. The van der Waals surface area contributed by atoms with Crippen molar-refractivity contribution in [2.24, 2.45) is 4.99 Å². The monoisotopic (exact) mass is 448 g/mol. The van der Waals surface area contributed by atoms with Gasteiger partial charge in [-0.25, -0.2) is 9.79 Å². The van der Waals surface area contributed by atoms with Crippen LogP contribution in [0.2, 0.25) is 0 Å². The van der Waals surface area contributed by atoms with E-state index in [2.05, 4.69) is 41.4 Å². The third-order valence-electron chi connectivity index (χ3n) is 4.75. The quantitative estimate of drug-likeness (QED) is 0.191. The minimum absolute atomic E-state index is 0.227. The van der Waals surface area contributed by atoms with E-state index >= 15 is 0 Å². The van der Waals surface area contributed by atoms with E-state index in [0.29, 0.717) is 5.29 Å². The number of hydrogen-bond donors (Lipinski definition) is 0. The van der Waals surface area contributed by atoms with Crippen molar-refractivity contribution in [2.45, 2.75) is 0 Å². The fraction of sp³-hybridized carbons (Fsp3) is 0.120. The van der Waals surface area contributed by atoms with Crippen LogP contribution >= 0.6 is 19.1 Å². The number of benzene rings is 3. The molecule has 3 aromatic rings. The summed E-state index contributed by atoms with van der Waals surface area (Å²) in [6, 6.07) is 30.1. The summed E-state index contributed by atoms with van der Waals surface area (Å²) in [4.78, 5) is 19.8. The molecule has 31 heavy (non-hydrogen) atoms. The summed E-state index contributed by atoms with van der Waals surface area (Å²) in [6.07, 6.45) is 1.61. The first-order valence-corrected chi connectivity index (χ1v) is 12.0. The van der Waals surface area contributed by atoms with Crippen LogP contribution in [0.3, 0.4) is 0 Å². The van der Waals surface area contributed by atoms with Gasteiger partial charge in [0.15, 0.2) is 0 Å². The van der Waals surface area contributed by atoms with E-state index in [1.165, 1.54) is 7.11 Å². The Morgan fingerprint density at radius 3 is 1.55 bits per heavy atom. The fourth-order valence-electron chi connectivity index (χ4n) is 3.48. The van der Waals surface area contributed by atoms with Gasteiger partial charge in [0.25, 0.3) is 0 Å². The van der Waals surface area contributed by atoms with E-state index in [4.69, 9.17) is 17.0 Å². The molecule has 0 atom stereocenters. The van der Waals surface area contributed by atoms with Crippen molar-refractivity contribution in [3.63, 3.8) is 0 Å². The first kappa shape index (κ1) is 22.7. The molecule has 0 unspecified atom stereocenters. The summed E-state index contributed by atoms with van der Waals surface area (Å²) in [5.41, 5.74) is 0. The number of hydrogen-bond acceptors (Lipinski definition) is 3. The lowest BCUT2D eigenvalue weighted by Crippen LogP contribution is -2.37. The number of aliphatic imine (C=N–C) groups is 1. The molecular formula is C25H25N2O2PS. The van der Waals surface area contributed by atoms with Crippen LogP contribution in [0.5, 0.6) is 0 Å². The van der Waals surface area contributed by atoms with Gasteiger partial charge in [0.1, 0.15) is 10.3 Å². The van der Waals surface area contributed by atoms with Crippen molar-refractivity contribution < 1.29 is 9.53 Å². The summed E-state index contributed by atoms with van der Waals surface area (Å²) in [6.45, 7) is -2.68. The number of esters is 1. The molecule has 0 saturated carbocycles. The normalized spacial score (nSPS) is 11.2. The second kappa shape index (κ2) is 10.3. The predicted octanol–water partition coefficient (Wildman–Crippen LogP) is 3.24. The van der Waals surface area contributed by atoms with Gasteiger partial charge in [-0.2, -0.15) is 0 Å². The van der Waals surface area contributed by atoms with Gasteiger partial charge in [0.2, 0.25) is 0 Å². The summed E-state index contributed by atoms with van der Waals surface area (Å²) in [7, 11) is 5.10. The van der Waals surface area contributed by atoms with Gasteiger partial charge in [-0.1, -0.05) is 103 Å². The molecule has 0 saturated heterocycles. The lowest BCUT2D eigenvalue weighted by atomic mass is 10.3. The maximum absolute atomic E-state index is 13.4. The van der Waals surface area contributed by atoms with Crippen LogP contribution in [0.25, 0.3) is 0 Å².